The normalized spacial score (nSPS) is 11.1. The van der Waals surface area contributed by atoms with Crippen LogP contribution in [0.5, 0.6) is 0 Å². The molecule has 1 aromatic heterocycles. The zero-order valence-electron chi connectivity index (χ0n) is 11.0. The van der Waals surface area contributed by atoms with Crippen LogP contribution in [0, 0.1) is 11.3 Å². The molecule has 0 fully saturated rings. The SMILES string of the molecule is N#Cc1ncccc1CNCc1ccc(C(F)(F)F)cc1. The van der Waals surface area contributed by atoms with Gasteiger partial charge in [0, 0.05) is 24.8 Å². The molecule has 0 aliphatic carbocycles. The smallest absolute Gasteiger partial charge is 0.309 e. The molecule has 21 heavy (non-hydrogen) atoms. The van der Waals surface area contributed by atoms with Gasteiger partial charge in [-0.15, -0.1) is 0 Å². The molecule has 0 bridgehead atoms. The summed E-state index contributed by atoms with van der Waals surface area (Å²) < 4.78 is 37.3. The number of nitrogens with one attached hydrogen (secondary N) is 1. The summed E-state index contributed by atoms with van der Waals surface area (Å²) in [6, 6.07) is 10.5. The summed E-state index contributed by atoms with van der Waals surface area (Å²) in [5.74, 6) is 0. The average molecular weight is 291 g/mol. The highest BCUT2D eigenvalue weighted by Gasteiger charge is 2.29. The van der Waals surface area contributed by atoms with Gasteiger partial charge in [-0.05, 0) is 23.8 Å². The quantitative estimate of drug-likeness (QED) is 0.940. The standard InChI is InChI=1S/C15H12F3N3/c16-15(17,18)13-5-3-11(4-6-13)9-20-10-12-2-1-7-21-14(12)8-19/h1-7,20H,9-10H2. The van der Waals surface area contributed by atoms with Crippen LogP contribution in [0.3, 0.4) is 0 Å². The summed E-state index contributed by atoms with van der Waals surface area (Å²) in [5, 5.41) is 12.0. The first-order valence-corrected chi connectivity index (χ1v) is 6.21. The molecule has 2 rings (SSSR count). The van der Waals surface area contributed by atoms with Crippen LogP contribution in [0.1, 0.15) is 22.4 Å². The summed E-state index contributed by atoms with van der Waals surface area (Å²) in [6.45, 7) is 0.843. The number of hydrogen-bond donors (Lipinski definition) is 1. The van der Waals surface area contributed by atoms with E-state index in [9.17, 15) is 13.2 Å². The van der Waals surface area contributed by atoms with E-state index in [1.54, 1.807) is 12.1 Å². The van der Waals surface area contributed by atoms with Crippen molar-refractivity contribution in [3.63, 3.8) is 0 Å². The molecule has 0 saturated carbocycles. The minimum absolute atomic E-state index is 0.345. The lowest BCUT2D eigenvalue weighted by Gasteiger charge is -2.09. The molecule has 3 nitrogen and oxygen atoms in total. The predicted molar refractivity (Wildman–Crippen MR) is 70.9 cm³/mol. The van der Waals surface area contributed by atoms with Crippen LogP contribution in [0.4, 0.5) is 13.2 Å². The van der Waals surface area contributed by atoms with Gasteiger partial charge in [-0.1, -0.05) is 18.2 Å². The lowest BCUT2D eigenvalue weighted by atomic mass is 10.1. The number of aromatic nitrogens is 1. The summed E-state index contributed by atoms with van der Waals surface area (Å²) >= 11 is 0. The molecule has 1 heterocycles. The summed E-state index contributed by atoms with van der Waals surface area (Å²) in [6.07, 6.45) is -2.78. The maximum Gasteiger partial charge on any atom is 0.416 e. The number of hydrogen-bond acceptors (Lipinski definition) is 3. The molecule has 0 aliphatic heterocycles. The monoisotopic (exact) mass is 291 g/mol. The molecule has 2 aromatic rings. The van der Waals surface area contributed by atoms with Gasteiger partial charge in [-0.3, -0.25) is 0 Å². The first-order chi connectivity index (χ1) is 10.0. The molecule has 0 atom stereocenters. The van der Waals surface area contributed by atoms with Crippen molar-refractivity contribution >= 4 is 0 Å². The average Bonchev–Trinajstić information content (AvgIpc) is 2.47. The van der Waals surface area contributed by atoms with Crippen LogP contribution < -0.4 is 5.32 Å². The summed E-state index contributed by atoms with van der Waals surface area (Å²) in [7, 11) is 0. The lowest BCUT2D eigenvalue weighted by Crippen LogP contribution is -2.14. The highest BCUT2D eigenvalue weighted by atomic mass is 19.4. The highest BCUT2D eigenvalue weighted by Crippen LogP contribution is 2.29. The Morgan fingerprint density at radius 1 is 1.10 bits per heavy atom. The fourth-order valence-corrected chi connectivity index (χ4v) is 1.84. The van der Waals surface area contributed by atoms with E-state index in [0.29, 0.717) is 18.8 Å². The van der Waals surface area contributed by atoms with Crippen LogP contribution in [0.15, 0.2) is 42.6 Å². The Balaban J connectivity index is 1.94. The third-order valence-electron chi connectivity index (χ3n) is 2.92. The molecule has 0 unspecified atom stereocenters. The van der Waals surface area contributed by atoms with Crippen molar-refractivity contribution < 1.29 is 13.2 Å². The molecule has 1 N–H and O–H groups in total. The fraction of sp³-hybridized carbons (Fsp3) is 0.200. The van der Waals surface area contributed by atoms with Crippen molar-refractivity contribution in [1.29, 1.82) is 5.26 Å². The van der Waals surface area contributed by atoms with Gasteiger partial charge in [-0.25, -0.2) is 4.98 Å². The van der Waals surface area contributed by atoms with Crippen molar-refractivity contribution in [3.8, 4) is 6.07 Å². The molecular formula is C15H12F3N3. The van der Waals surface area contributed by atoms with Gasteiger partial charge >= 0.3 is 6.18 Å². The van der Waals surface area contributed by atoms with Crippen molar-refractivity contribution in [1.82, 2.24) is 10.3 Å². The Kier molecular flexibility index (Phi) is 4.55. The number of pyridine rings is 1. The molecule has 0 aliphatic rings. The largest absolute Gasteiger partial charge is 0.416 e. The van der Waals surface area contributed by atoms with E-state index in [1.807, 2.05) is 6.07 Å². The van der Waals surface area contributed by atoms with Gasteiger partial charge in [0.05, 0.1) is 5.56 Å². The van der Waals surface area contributed by atoms with E-state index in [2.05, 4.69) is 10.3 Å². The molecule has 0 spiro atoms. The van der Waals surface area contributed by atoms with Crippen LogP contribution in [0.25, 0.3) is 0 Å². The van der Waals surface area contributed by atoms with Crippen molar-refractivity contribution in [3.05, 3.63) is 65.0 Å². The molecule has 108 valence electrons. The van der Waals surface area contributed by atoms with E-state index in [-0.39, 0.29) is 0 Å². The topological polar surface area (TPSA) is 48.7 Å². The van der Waals surface area contributed by atoms with E-state index in [4.69, 9.17) is 5.26 Å². The van der Waals surface area contributed by atoms with Crippen LogP contribution >= 0.6 is 0 Å². The van der Waals surface area contributed by atoms with Crippen molar-refractivity contribution in [2.75, 3.05) is 0 Å². The van der Waals surface area contributed by atoms with Gasteiger partial charge in [0.25, 0.3) is 0 Å². The minimum Gasteiger partial charge on any atom is -0.309 e. The summed E-state index contributed by atoms with van der Waals surface area (Å²) in [4.78, 5) is 3.94. The maximum absolute atomic E-state index is 12.4. The molecule has 0 radical (unpaired) electrons. The molecule has 0 amide bonds. The Morgan fingerprint density at radius 3 is 2.43 bits per heavy atom. The Morgan fingerprint density at radius 2 is 1.81 bits per heavy atom. The third kappa shape index (κ3) is 4.04. The number of halogens is 3. The number of alkyl halides is 3. The van der Waals surface area contributed by atoms with Gasteiger partial charge in [0.15, 0.2) is 0 Å². The fourth-order valence-electron chi connectivity index (χ4n) is 1.84. The Labute approximate surface area is 120 Å². The Hall–Kier alpha value is -2.39. The van der Waals surface area contributed by atoms with E-state index in [1.165, 1.54) is 18.3 Å². The predicted octanol–water partition coefficient (Wildman–Crippen LogP) is 3.26. The molecule has 6 heteroatoms. The number of rotatable bonds is 4. The van der Waals surface area contributed by atoms with E-state index >= 15 is 0 Å². The van der Waals surface area contributed by atoms with Crippen LogP contribution in [0.2, 0.25) is 0 Å². The Bertz CT molecular complexity index is 642. The van der Waals surface area contributed by atoms with Crippen molar-refractivity contribution in [2.24, 2.45) is 0 Å². The van der Waals surface area contributed by atoms with Crippen LogP contribution in [-0.2, 0) is 19.3 Å². The zero-order valence-corrected chi connectivity index (χ0v) is 11.0. The first kappa shape index (κ1) is 15.0. The van der Waals surface area contributed by atoms with Crippen molar-refractivity contribution in [2.45, 2.75) is 19.3 Å². The van der Waals surface area contributed by atoms with Gasteiger partial charge in [-0.2, -0.15) is 18.4 Å². The maximum atomic E-state index is 12.4. The number of nitrogens with zero attached hydrogens (tertiary/aromatic N) is 2. The molecule has 0 saturated heterocycles. The van der Waals surface area contributed by atoms with Gasteiger partial charge in [0.1, 0.15) is 11.8 Å². The van der Waals surface area contributed by atoms with Crippen LogP contribution in [-0.4, -0.2) is 4.98 Å². The highest BCUT2D eigenvalue weighted by molar-refractivity contribution is 5.30. The third-order valence-corrected chi connectivity index (χ3v) is 2.92. The van der Waals surface area contributed by atoms with E-state index in [0.717, 1.165) is 23.3 Å². The van der Waals surface area contributed by atoms with Gasteiger partial charge in [0.2, 0.25) is 0 Å². The first-order valence-electron chi connectivity index (χ1n) is 6.21. The van der Waals surface area contributed by atoms with E-state index < -0.39 is 11.7 Å². The lowest BCUT2D eigenvalue weighted by molar-refractivity contribution is -0.137. The number of benzene rings is 1. The zero-order chi connectivity index (χ0) is 15.3. The number of nitriles is 1. The summed E-state index contributed by atoms with van der Waals surface area (Å²) in [5.41, 5.74) is 1.18. The second-order valence-corrected chi connectivity index (χ2v) is 4.42. The second-order valence-electron chi connectivity index (χ2n) is 4.42. The second kappa shape index (κ2) is 6.37. The molecule has 1 aromatic carbocycles. The van der Waals surface area contributed by atoms with Gasteiger partial charge < -0.3 is 5.32 Å². The molecular weight excluding hydrogens is 279 g/mol. The minimum atomic E-state index is -4.32.